The Morgan fingerprint density at radius 1 is 1.03 bits per heavy atom. The second-order valence-corrected chi connectivity index (χ2v) is 10.7. The number of aryl methyl sites for hydroxylation is 1. The molecular formula is C30H39N3O5. The van der Waals surface area contributed by atoms with Crippen LogP contribution < -0.4 is 21.1 Å². The normalized spacial score (nSPS) is 18.5. The number of fused-ring (bicyclic) bond motifs is 1. The molecule has 2 aromatic carbocycles. The Balaban J connectivity index is 1.54. The summed E-state index contributed by atoms with van der Waals surface area (Å²) in [6.07, 6.45) is 9.68. The molecule has 8 heteroatoms. The van der Waals surface area contributed by atoms with Gasteiger partial charge in [0, 0.05) is 13.3 Å². The number of ether oxygens (including phenoxy) is 1. The van der Waals surface area contributed by atoms with E-state index in [-0.39, 0.29) is 30.0 Å². The number of primary amides is 1. The minimum atomic E-state index is -0.780. The van der Waals surface area contributed by atoms with Crippen molar-refractivity contribution in [1.82, 2.24) is 10.6 Å². The van der Waals surface area contributed by atoms with Gasteiger partial charge in [0.2, 0.25) is 11.8 Å². The van der Waals surface area contributed by atoms with Crippen LogP contribution in [0.25, 0.3) is 0 Å². The van der Waals surface area contributed by atoms with Gasteiger partial charge >= 0.3 is 0 Å². The molecule has 2 aliphatic rings. The fourth-order valence-electron chi connectivity index (χ4n) is 5.62. The van der Waals surface area contributed by atoms with E-state index in [4.69, 9.17) is 10.5 Å². The SMILES string of the molecule is CC(=O)N[C@@H](Cc1ccc(O)cc1)C(=O)N[C@H]1CCCCc2cc(OCC3CCCCC3)c(C(N)=O)cc21. The lowest BCUT2D eigenvalue weighted by molar-refractivity contribution is -0.128. The number of hydrogen-bond donors (Lipinski definition) is 4. The molecule has 2 atom stereocenters. The molecule has 1 saturated carbocycles. The summed E-state index contributed by atoms with van der Waals surface area (Å²) in [4.78, 5) is 37.7. The van der Waals surface area contributed by atoms with E-state index < -0.39 is 11.9 Å². The lowest BCUT2D eigenvalue weighted by Crippen LogP contribution is -2.48. The topological polar surface area (TPSA) is 131 Å². The fourth-order valence-corrected chi connectivity index (χ4v) is 5.62. The van der Waals surface area contributed by atoms with Crippen molar-refractivity contribution in [2.24, 2.45) is 11.7 Å². The van der Waals surface area contributed by atoms with Crippen molar-refractivity contribution < 1.29 is 24.2 Å². The Morgan fingerprint density at radius 2 is 1.74 bits per heavy atom. The van der Waals surface area contributed by atoms with E-state index in [1.807, 2.05) is 6.07 Å². The molecule has 5 N–H and O–H groups in total. The van der Waals surface area contributed by atoms with E-state index >= 15 is 0 Å². The van der Waals surface area contributed by atoms with E-state index in [2.05, 4.69) is 10.6 Å². The molecule has 0 heterocycles. The van der Waals surface area contributed by atoms with Crippen molar-refractivity contribution in [3.05, 3.63) is 58.7 Å². The van der Waals surface area contributed by atoms with E-state index in [1.54, 1.807) is 30.3 Å². The van der Waals surface area contributed by atoms with E-state index in [1.165, 1.54) is 26.2 Å². The smallest absolute Gasteiger partial charge is 0.252 e. The first-order valence-electron chi connectivity index (χ1n) is 13.7. The molecule has 0 aromatic heterocycles. The predicted octanol–water partition coefficient (Wildman–Crippen LogP) is 4.08. The van der Waals surface area contributed by atoms with Crippen molar-refractivity contribution in [2.45, 2.75) is 83.2 Å². The van der Waals surface area contributed by atoms with E-state index in [0.29, 0.717) is 30.3 Å². The van der Waals surface area contributed by atoms with Crippen molar-refractivity contribution in [3.8, 4) is 11.5 Å². The van der Waals surface area contributed by atoms with Crippen LogP contribution in [0.3, 0.4) is 0 Å². The summed E-state index contributed by atoms with van der Waals surface area (Å²) in [7, 11) is 0. The number of phenols is 1. The van der Waals surface area contributed by atoms with Crippen LogP contribution >= 0.6 is 0 Å². The van der Waals surface area contributed by atoms with Crippen LogP contribution in [-0.4, -0.2) is 35.5 Å². The van der Waals surface area contributed by atoms with Gasteiger partial charge in [0.15, 0.2) is 0 Å². The van der Waals surface area contributed by atoms with Gasteiger partial charge in [-0.1, -0.05) is 37.8 Å². The highest BCUT2D eigenvalue weighted by Crippen LogP contribution is 2.35. The molecule has 8 nitrogen and oxygen atoms in total. The van der Waals surface area contributed by atoms with Gasteiger partial charge in [0.1, 0.15) is 17.5 Å². The van der Waals surface area contributed by atoms with Gasteiger partial charge < -0.3 is 26.2 Å². The standard InChI is InChI=1S/C30H39N3O5/c1-19(34)32-27(15-20-11-13-23(35)14-12-20)30(37)33-26-10-6-5-9-22-16-28(25(29(31)36)17-24(22)26)38-18-21-7-3-2-4-8-21/h11-14,16-17,21,26-27,35H,2-10,15,18H2,1H3,(H2,31,36)(H,32,34)(H,33,37)/t26-,27-/m0/s1. The number of amides is 3. The molecule has 38 heavy (non-hydrogen) atoms. The number of hydrogen-bond acceptors (Lipinski definition) is 5. The molecule has 2 aromatic rings. The van der Waals surface area contributed by atoms with Gasteiger partial charge in [0.25, 0.3) is 5.91 Å². The van der Waals surface area contributed by atoms with Crippen LogP contribution in [0, 0.1) is 5.92 Å². The first kappa shape index (κ1) is 27.5. The highest BCUT2D eigenvalue weighted by Gasteiger charge is 2.28. The van der Waals surface area contributed by atoms with Crippen molar-refractivity contribution in [1.29, 1.82) is 0 Å². The van der Waals surface area contributed by atoms with Crippen LogP contribution in [0.1, 0.15) is 91.4 Å². The third-order valence-corrected chi connectivity index (χ3v) is 7.66. The van der Waals surface area contributed by atoms with Gasteiger partial charge in [-0.3, -0.25) is 14.4 Å². The third kappa shape index (κ3) is 7.27. The molecular weight excluding hydrogens is 482 g/mol. The number of benzene rings is 2. The van der Waals surface area contributed by atoms with Gasteiger partial charge in [-0.15, -0.1) is 0 Å². The Bertz CT molecular complexity index is 1140. The number of rotatable bonds is 9. The zero-order valence-electron chi connectivity index (χ0n) is 22.1. The molecule has 3 amide bonds. The van der Waals surface area contributed by atoms with Crippen LogP contribution in [0.2, 0.25) is 0 Å². The zero-order valence-corrected chi connectivity index (χ0v) is 22.1. The summed E-state index contributed by atoms with van der Waals surface area (Å²) >= 11 is 0. The van der Waals surface area contributed by atoms with Gasteiger partial charge in [-0.25, -0.2) is 0 Å². The molecule has 0 spiro atoms. The maximum absolute atomic E-state index is 13.4. The summed E-state index contributed by atoms with van der Waals surface area (Å²) < 4.78 is 6.16. The summed E-state index contributed by atoms with van der Waals surface area (Å²) in [5.74, 6) is -0.00175. The first-order chi connectivity index (χ1) is 18.3. The summed E-state index contributed by atoms with van der Waals surface area (Å²) in [5.41, 5.74) is 8.84. The second-order valence-electron chi connectivity index (χ2n) is 10.7. The Labute approximate surface area is 224 Å². The maximum Gasteiger partial charge on any atom is 0.252 e. The molecule has 0 saturated heterocycles. The monoisotopic (exact) mass is 521 g/mol. The fraction of sp³-hybridized carbons (Fsp3) is 0.500. The van der Waals surface area contributed by atoms with Crippen LogP contribution in [0.15, 0.2) is 36.4 Å². The van der Waals surface area contributed by atoms with Crippen molar-refractivity contribution in [3.63, 3.8) is 0 Å². The largest absolute Gasteiger partial charge is 0.508 e. The van der Waals surface area contributed by atoms with Gasteiger partial charge in [0.05, 0.1) is 18.2 Å². The van der Waals surface area contributed by atoms with Gasteiger partial charge in [-0.2, -0.15) is 0 Å². The minimum Gasteiger partial charge on any atom is -0.508 e. The van der Waals surface area contributed by atoms with Crippen molar-refractivity contribution >= 4 is 17.7 Å². The Kier molecular flexibility index (Phi) is 9.26. The van der Waals surface area contributed by atoms with Crippen LogP contribution in [-0.2, 0) is 22.4 Å². The average Bonchev–Trinajstić information content (AvgIpc) is 3.09. The third-order valence-electron chi connectivity index (χ3n) is 7.66. The minimum absolute atomic E-state index is 0.136. The summed E-state index contributed by atoms with van der Waals surface area (Å²) in [6, 6.07) is 9.19. The Hall–Kier alpha value is -3.55. The summed E-state index contributed by atoms with van der Waals surface area (Å²) in [6.45, 7) is 1.96. The molecule has 0 radical (unpaired) electrons. The summed E-state index contributed by atoms with van der Waals surface area (Å²) in [5, 5.41) is 15.4. The predicted molar refractivity (Wildman–Crippen MR) is 145 cm³/mol. The number of nitrogens with one attached hydrogen (secondary N) is 2. The van der Waals surface area contributed by atoms with Crippen LogP contribution in [0.5, 0.6) is 11.5 Å². The highest BCUT2D eigenvalue weighted by atomic mass is 16.5. The lowest BCUT2D eigenvalue weighted by atomic mass is 9.90. The maximum atomic E-state index is 13.4. The molecule has 204 valence electrons. The lowest BCUT2D eigenvalue weighted by Gasteiger charge is -2.26. The quantitative estimate of drug-likeness (QED) is 0.369. The molecule has 1 fully saturated rings. The van der Waals surface area contributed by atoms with E-state index in [0.717, 1.165) is 48.8 Å². The second kappa shape index (κ2) is 12.8. The van der Waals surface area contributed by atoms with Gasteiger partial charge in [-0.05, 0) is 79.0 Å². The number of aromatic hydroxyl groups is 1. The Morgan fingerprint density at radius 3 is 2.42 bits per heavy atom. The highest BCUT2D eigenvalue weighted by molar-refractivity contribution is 5.96. The molecule has 2 aliphatic carbocycles. The average molecular weight is 522 g/mol. The number of carbonyl (C=O) groups excluding carboxylic acids is 3. The molecule has 4 rings (SSSR count). The van der Waals surface area contributed by atoms with Crippen molar-refractivity contribution in [2.75, 3.05) is 6.61 Å². The molecule has 0 aliphatic heterocycles. The van der Waals surface area contributed by atoms with Crippen LogP contribution in [0.4, 0.5) is 0 Å². The van der Waals surface area contributed by atoms with E-state index in [9.17, 15) is 19.5 Å². The molecule has 0 unspecified atom stereocenters. The molecule has 0 bridgehead atoms. The number of nitrogens with two attached hydrogens (primary N) is 1. The number of phenolic OH excluding ortho intramolecular Hbond substituents is 1. The number of carbonyl (C=O) groups is 3. The first-order valence-corrected chi connectivity index (χ1v) is 13.7. The zero-order chi connectivity index (χ0) is 27.1.